The Hall–Kier alpha value is -0.800. The molecule has 3 nitrogen and oxygen atoms in total. The average Bonchev–Trinajstić information content (AvgIpc) is 2.79. The second-order valence-electron chi connectivity index (χ2n) is 4.02. The summed E-state index contributed by atoms with van der Waals surface area (Å²) in [6, 6.07) is 4.38. The van der Waals surface area contributed by atoms with Crippen molar-refractivity contribution in [2.45, 2.75) is 25.9 Å². The third-order valence-corrected chi connectivity index (χ3v) is 3.22. The Balaban J connectivity index is 1.94. The van der Waals surface area contributed by atoms with Crippen LogP contribution >= 0.6 is 0 Å². The average molecular weight is 195 g/mol. The third kappa shape index (κ3) is 1.83. The van der Waals surface area contributed by atoms with Crippen LogP contribution in [0.2, 0.25) is 0 Å². The van der Waals surface area contributed by atoms with E-state index >= 15 is 0 Å². The predicted molar refractivity (Wildman–Crippen MR) is 53.8 cm³/mol. The second-order valence-corrected chi connectivity index (χ2v) is 4.02. The molecule has 2 unspecified atom stereocenters. The zero-order chi connectivity index (χ0) is 9.97. The Labute approximate surface area is 84.3 Å². The molecular weight excluding hydrogens is 178 g/mol. The summed E-state index contributed by atoms with van der Waals surface area (Å²) < 4.78 is 5.31. The van der Waals surface area contributed by atoms with Crippen molar-refractivity contribution in [2.24, 2.45) is 5.92 Å². The van der Waals surface area contributed by atoms with Crippen LogP contribution in [0.4, 0.5) is 0 Å². The molecule has 1 saturated heterocycles. The van der Waals surface area contributed by atoms with Crippen molar-refractivity contribution in [2.75, 3.05) is 13.2 Å². The highest BCUT2D eigenvalue weighted by atomic mass is 16.3. The van der Waals surface area contributed by atoms with Gasteiger partial charge in [-0.1, -0.05) is 0 Å². The Morgan fingerprint density at radius 1 is 1.64 bits per heavy atom. The molecule has 0 amide bonds. The van der Waals surface area contributed by atoms with Crippen molar-refractivity contribution >= 4 is 0 Å². The smallest absolute Gasteiger partial charge is 0.117 e. The van der Waals surface area contributed by atoms with E-state index in [1.165, 1.54) is 0 Å². The number of likely N-dealkylation sites (tertiary alicyclic amines) is 1. The zero-order valence-corrected chi connectivity index (χ0v) is 8.52. The summed E-state index contributed by atoms with van der Waals surface area (Å²) in [6.07, 6.45) is 2.80. The first kappa shape index (κ1) is 9.74. The number of aliphatic hydroxyl groups excluding tert-OH is 1. The van der Waals surface area contributed by atoms with E-state index in [1.807, 2.05) is 12.1 Å². The van der Waals surface area contributed by atoms with Gasteiger partial charge in [0.25, 0.3) is 0 Å². The molecule has 78 valence electrons. The highest BCUT2D eigenvalue weighted by Crippen LogP contribution is 2.25. The largest absolute Gasteiger partial charge is 0.468 e. The fraction of sp³-hybridized carbons (Fsp3) is 0.636. The van der Waals surface area contributed by atoms with E-state index in [9.17, 15) is 0 Å². The lowest BCUT2D eigenvalue weighted by Gasteiger charge is -2.22. The van der Waals surface area contributed by atoms with Crippen molar-refractivity contribution < 1.29 is 9.52 Å². The van der Waals surface area contributed by atoms with E-state index in [1.54, 1.807) is 6.26 Å². The second kappa shape index (κ2) is 4.15. The van der Waals surface area contributed by atoms with Gasteiger partial charge < -0.3 is 9.52 Å². The number of nitrogens with zero attached hydrogens (tertiary/aromatic N) is 1. The molecular formula is C11H17NO2. The fourth-order valence-corrected chi connectivity index (χ4v) is 2.14. The van der Waals surface area contributed by atoms with Crippen LogP contribution in [-0.2, 0) is 6.54 Å². The molecule has 1 fully saturated rings. The van der Waals surface area contributed by atoms with E-state index < -0.39 is 0 Å². The van der Waals surface area contributed by atoms with Crippen LogP contribution < -0.4 is 0 Å². The van der Waals surface area contributed by atoms with Crippen LogP contribution in [-0.4, -0.2) is 29.2 Å². The Morgan fingerprint density at radius 3 is 3.07 bits per heavy atom. The van der Waals surface area contributed by atoms with Gasteiger partial charge in [0.1, 0.15) is 5.76 Å². The Kier molecular flexibility index (Phi) is 2.89. The van der Waals surface area contributed by atoms with Gasteiger partial charge in [0.2, 0.25) is 0 Å². The van der Waals surface area contributed by atoms with Gasteiger partial charge in [0.05, 0.1) is 12.8 Å². The fourth-order valence-electron chi connectivity index (χ4n) is 2.14. The van der Waals surface area contributed by atoms with Crippen molar-refractivity contribution in [3.05, 3.63) is 24.2 Å². The van der Waals surface area contributed by atoms with E-state index in [2.05, 4.69) is 11.8 Å². The molecule has 3 heteroatoms. The van der Waals surface area contributed by atoms with Crippen LogP contribution in [0.3, 0.4) is 0 Å². The lowest BCUT2D eigenvalue weighted by atomic mass is 10.0. The quantitative estimate of drug-likeness (QED) is 0.793. The van der Waals surface area contributed by atoms with E-state index in [0.29, 0.717) is 18.6 Å². The van der Waals surface area contributed by atoms with Crippen LogP contribution in [0.15, 0.2) is 22.8 Å². The minimum atomic E-state index is 0.301. The highest BCUT2D eigenvalue weighted by Gasteiger charge is 2.30. The molecule has 2 atom stereocenters. The van der Waals surface area contributed by atoms with Crippen molar-refractivity contribution in [3.8, 4) is 0 Å². The predicted octanol–water partition coefficient (Wildman–Crippen LogP) is 1.48. The minimum Gasteiger partial charge on any atom is -0.468 e. The summed E-state index contributed by atoms with van der Waals surface area (Å²) in [6.45, 7) is 4.41. The number of hydrogen-bond acceptors (Lipinski definition) is 3. The first-order valence-corrected chi connectivity index (χ1v) is 5.18. The lowest BCUT2D eigenvalue weighted by molar-refractivity contribution is 0.166. The third-order valence-electron chi connectivity index (χ3n) is 3.22. The molecule has 1 aliphatic heterocycles. The monoisotopic (exact) mass is 195 g/mol. The normalized spacial score (nSPS) is 28.4. The summed E-state index contributed by atoms with van der Waals surface area (Å²) in [5.41, 5.74) is 0. The first-order chi connectivity index (χ1) is 6.81. The molecule has 2 heterocycles. The lowest BCUT2D eigenvalue weighted by Crippen LogP contribution is -2.30. The van der Waals surface area contributed by atoms with Gasteiger partial charge in [0.15, 0.2) is 0 Å². The van der Waals surface area contributed by atoms with Crippen LogP contribution in [0.25, 0.3) is 0 Å². The van der Waals surface area contributed by atoms with Crippen molar-refractivity contribution in [1.82, 2.24) is 4.90 Å². The summed E-state index contributed by atoms with van der Waals surface area (Å²) in [5.74, 6) is 1.44. The number of rotatable bonds is 3. The molecule has 0 bridgehead atoms. The summed E-state index contributed by atoms with van der Waals surface area (Å²) in [7, 11) is 0. The molecule has 0 saturated carbocycles. The van der Waals surface area contributed by atoms with Gasteiger partial charge in [-0.15, -0.1) is 0 Å². The zero-order valence-electron chi connectivity index (χ0n) is 8.52. The summed E-state index contributed by atoms with van der Waals surface area (Å²) >= 11 is 0. The molecule has 1 N–H and O–H groups in total. The topological polar surface area (TPSA) is 36.6 Å². The maximum atomic E-state index is 9.13. The SMILES string of the molecule is CC1C(CO)CCN1Cc1ccco1. The van der Waals surface area contributed by atoms with Gasteiger partial charge in [-0.25, -0.2) is 0 Å². The molecule has 0 radical (unpaired) electrons. The van der Waals surface area contributed by atoms with Crippen molar-refractivity contribution in [3.63, 3.8) is 0 Å². The Bertz CT molecular complexity index is 271. The molecule has 0 aliphatic carbocycles. The summed E-state index contributed by atoms with van der Waals surface area (Å²) in [4.78, 5) is 2.36. The first-order valence-electron chi connectivity index (χ1n) is 5.18. The molecule has 1 aromatic rings. The number of furan rings is 1. The van der Waals surface area contributed by atoms with E-state index in [4.69, 9.17) is 9.52 Å². The van der Waals surface area contributed by atoms with Crippen LogP contribution in [0.1, 0.15) is 19.1 Å². The van der Waals surface area contributed by atoms with Crippen LogP contribution in [0, 0.1) is 5.92 Å². The molecule has 2 rings (SSSR count). The van der Waals surface area contributed by atoms with E-state index in [0.717, 1.165) is 25.3 Å². The molecule has 1 aromatic heterocycles. The van der Waals surface area contributed by atoms with Gasteiger partial charge in [-0.2, -0.15) is 0 Å². The van der Waals surface area contributed by atoms with Crippen LogP contribution in [0.5, 0.6) is 0 Å². The van der Waals surface area contributed by atoms with Gasteiger partial charge in [-0.3, -0.25) is 4.90 Å². The summed E-state index contributed by atoms with van der Waals surface area (Å²) in [5, 5.41) is 9.13. The Morgan fingerprint density at radius 2 is 2.50 bits per heavy atom. The maximum absolute atomic E-state index is 9.13. The maximum Gasteiger partial charge on any atom is 0.117 e. The molecule has 0 aromatic carbocycles. The van der Waals surface area contributed by atoms with Gasteiger partial charge >= 0.3 is 0 Å². The highest BCUT2D eigenvalue weighted by molar-refractivity contribution is 4.99. The molecule has 1 aliphatic rings. The molecule has 14 heavy (non-hydrogen) atoms. The minimum absolute atomic E-state index is 0.301. The van der Waals surface area contributed by atoms with Crippen molar-refractivity contribution in [1.29, 1.82) is 0 Å². The van der Waals surface area contributed by atoms with Gasteiger partial charge in [0, 0.05) is 12.6 Å². The number of aliphatic hydroxyl groups is 1. The number of hydrogen-bond donors (Lipinski definition) is 1. The molecule has 0 spiro atoms. The standard InChI is InChI=1S/C11H17NO2/c1-9-10(8-13)4-5-12(9)7-11-3-2-6-14-11/h2-3,6,9-10,13H,4-5,7-8H2,1H3. The van der Waals surface area contributed by atoms with E-state index in [-0.39, 0.29) is 0 Å². The van der Waals surface area contributed by atoms with Gasteiger partial charge in [-0.05, 0) is 37.9 Å².